The molecule has 0 saturated carbocycles. The van der Waals surface area contributed by atoms with Crippen molar-refractivity contribution in [1.29, 1.82) is 0 Å². The van der Waals surface area contributed by atoms with Crippen LogP contribution in [-0.2, 0) is 14.3 Å². The molecule has 0 radical (unpaired) electrons. The third-order valence-corrected chi connectivity index (χ3v) is 3.09. The number of rotatable bonds is 6. The Labute approximate surface area is 114 Å². The van der Waals surface area contributed by atoms with Crippen molar-refractivity contribution in [3.63, 3.8) is 0 Å². The monoisotopic (exact) mass is 260 g/mol. The molecule has 3 nitrogen and oxygen atoms in total. The highest BCUT2D eigenvalue weighted by molar-refractivity contribution is 5.96. The molecule has 1 rings (SSSR count). The maximum absolute atomic E-state index is 11.7. The zero-order valence-electron chi connectivity index (χ0n) is 11.5. The van der Waals surface area contributed by atoms with E-state index in [0.717, 1.165) is 12.0 Å². The van der Waals surface area contributed by atoms with Crippen molar-refractivity contribution < 1.29 is 14.3 Å². The molecule has 102 valence electrons. The van der Waals surface area contributed by atoms with E-state index in [9.17, 15) is 9.59 Å². The van der Waals surface area contributed by atoms with Crippen LogP contribution in [0.3, 0.4) is 0 Å². The van der Waals surface area contributed by atoms with Gasteiger partial charge >= 0.3 is 11.9 Å². The first kappa shape index (κ1) is 15.2. The molecule has 1 saturated heterocycles. The molecular formula is C16H20O3. The predicted molar refractivity (Wildman–Crippen MR) is 75.2 cm³/mol. The summed E-state index contributed by atoms with van der Waals surface area (Å²) in [5.74, 6) is -1.34. The number of carbonyl (C=O) groups excluding carboxylic acids is 2. The van der Waals surface area contributed by atoms with Crippen LogP contribution >= 0.6 is 0 Å². The molecule has 0 N–H and O–H groups in total. The van der Waals surface area contributed by atoms with Crippen molar-refractivity contribution in [2.75, 3.05) is 0 Å². The maximum Gasteiger partial charge on any atom is 0.321 e. The summed E-state index contributed by atoms with van der Waals surface area (Å²) in [5.41, 5.74) is 0.891. The van der Waals surface area contributed by atoms with E-state index < -0.39 is 17.9 Å². The van der Waals surface area contributed by atoms with Gasteiger partial charge in [-0.05, 0) is 25.8 Å². The van der Waals surface area contributed by atoms with E-state index in [1.807, 2.05) is 50.3 Å². The molecule has 2 unspecified atom stereocenters. The van der Waals surface area contributed by atoms with Gasteiger partial charge in [-0.25, -0.2) is 0 Å². The van der Waals surface area contributed by atoms with Crippen LogP contribution in [0.1, 0.15) is 26.7 Å². The van der Waals surface area contributed by atoms with E-state index in [4.69, 9.17) is 0 Å². The van der Waals surface area contributed by atoms with Crippen molar-refractivity contribution in [1.82, 2.24) is 0 Å². The Morgan fingerprint density at radius 3 is 2.63 bits per heavy atom. The van der Waals surface area contributed by atoms with Gasteiger partial charge in [0.25, 0.3) is 0 Å². The lowest BCUT2D eigenvalue weighted by molar-refractivity contribution is -0.152. The summed E-state index contributed by atoms with van der Waals surface area (Å²) < 4.78 is 4.64. The minimum atomic E-state index is -0.475. The Bertz CT molecular complexity index is 441. The SMILES string of the molecule is C=CC(C/C=C/C)/C(=C/C=C/C)C1CC(=O)OC1=O. The first-order valence-corrected chi connectivity index (χ1v) is 6.45. The maximum atomic E-state index is 11.7. The Kier molecular flexibility index (Phi) is 6.00. The molecule has 3 heteroatoms. The number of hydrogen-bond donors (Lipinski definition) is 0. The fourth-order valence-corrected chi connectivity index (χ4v) is 2.09. The largest absolute Gasteiger partial charge is 0.393 e. The third-order valence-electron chi connectivity index (χ3n) is 3.09. The van der Waals surface area contributed by atoms with Gasteiger partial charge in [0.15, 0.2) is 0 Å². The van der Waals surface area contributed by atoms with Gasteiger partial charge < -0.3 is 4.74 Å². The summed E-state index contributed by atoms with van der Waals surface area (Å²) in [7, 11) is 0. The van der Waals surface area contributed by atoms with Gasteiger partial charge in [-0.3, -0.25) is 9.59 Å². The molecule has 1 fully saturated rings. The summed E-state index contributed by atoms with van der Waals surface area (Å²) in [6, 6.07) is 0. The standard InChI is InChI=1S/C16H20O3/c1-4-7-9-12(6-3)13(10-8-5-2)14-11-15(17)19-16(14)18/h4-8,10,12,14H,3,9,11H2,1-2H3/b7-4+,8-5+,13-10-. The third kappa shape index (κ3) is 4.05. The zero-order chi connectivity index (χ0) is 14.3. The molecule has 0 aromatic rings. The van der Waals surface area contributed by atoms with Crippen molar-refractivity contribution in [2.45, 2.75) is 26.7 Å². The van der Waals surface area contributed by atoms with E-state index in [-0.39, 0.29) is 12.3 Å². The van der Waals surface area contributed by atoms with E-state index in [0.29, 0.717) is 0 Å². The lowest BCUT2D eigenvalue weighted by Crippen LogP contribution is -2.16. The molecule has 0 spiro atoms. The average Bonchev–Trinajstić information content (AvgIpc) is 2.72. The molecule has 1 aliphatic rings. The molecule has 0 aromatic heterocycles. The van der Waals surface area contributed by atoms with Crippen LogP contribution in [0.2, 0.25) is 0 Å². The van der Waals surface area contributed by atoms with Crippen LogP contribution in [-0.4, -0.2) is 11.9 Å². The van der Waals surface area contributed by atoms with Gasteiger partial charge in [0.1, 0.15) is 0 Å². The van der Waals surface area contributed by atoms with Crippen LogP contribution in [0, 0.1) is 11.8 Å². The predicted octanol–water partition coefficient (Wildman–Crippen LogP) is 3.35. The Hall–Kier alpha value is -1.90. The van der Waals surface area contributed by atoms with E-state index in [1.54, 1.807) is 0 Å². The number of carbonyl (C=O) groups is 2. The van der Waals surface area contributed by atoms with E-state index in [2.05, 4.69) is 11.3 Å². The molecule has 0 bridgehead atoms. The highest BCUT2D eigenvalue weighted by Gasteiger charge is 2.37. The second-order valence-electron chi connectivity index (χ2n) is 4.39. The Morgan fingerprint density at radius 2 is 2.16 bits per heavy atom. The van der Waals surface area contributed by atoms with E-state index >= 15 is 0 Å². The Balaban J connectivity index is 3.03. The van der Waals surface area contributed by atoms with Crippen molar-refractivity contribution >= 4 is 11.9 Å². The number of hydrogen-bond acceptors (Lipinski definition) is 3. The fraction of sp³-hybridized carbons (Fsp3) is 0.375. The van der Waals surface area contributed by atoms with Crippen LogP contribution in [0.15, 0.2) is 48.6 Å². The van der Waals surface area contributed by atoms with Crippen LogP contribution in [0.5, 0.6) is 0 Å². The Morgan fingerprint density at radius 1 is 1.42 bits per heavy atom. The molecule has 0 aliphatic carbocycles. The van der Waals surface area contributed by atoms with Crippen LogP contribution < -0.4 is 0 Å². The summed E-state index contributed by atoms with van der Waals surface area (Å²) in [6.45, 7) is 7.67. The normalized spacial score (nSPS) is 22.2. The van der Waals surface area contributed by atoms with Crippen LogP contribution in [0.25, 0.3) is 0 Å². The van der Waals surface area contributed by atoms with Gasteiger partial charge in [-0.2, -0.15) is 0 Å². The van der Waals surface area contributed by atoms with Gasteiger partial charge in [0.05, 0.1) is 12.3 Å². The molecule has 2 atom stereocenters. The number of cyclic esters (lactones) is 2. The smallest absolute Gasteiger partial charge is 0.321 e. The molecule has 1 aliphatic heterocycles. The highest BCUT2D eigenvalue weighted by atomic mass is 16.6. The topological polar surface area (TPSA) is 43.4 Å². The summed E-state index contributed by atoms with van der Waals surface area (Å²) in [4.78, 5) is 23.0. The van der Waals surface area contributed by atoms with E-state index in [1.165, 1.54) is 0 Å². The van der Waals surface area contributed by atoms with Gasteiger partial charge in [0.2, 0.25) is 0 Å². The minimum absolute atomic E-state index is 0.0378. The molecule has 1 heterocycles. The second-order valence-corrected chi connectivity index (χ2v) is 4.39. The summed E-state index contributed by atoms with van der Waals surface area (Å²) in [5, 5.41) is 0. The lowest BCUT2D eigenvalue weighted by atomic mass is 9.84. The number of ether oxygens (including phenoxy) is 1. The van der Waals surface area contributed by atoms with Crippen molar-refractivity contribution in [3.8, 4) is 0 Å². The average molecular weight is 260 g/mol. The molecule has 0 amide bonds. The van der Waals surface area contributed by atoms with Gasteiger partial charge in [0, 0.05) is 5.92 Å². The summed E-state index contributed by atoms with van der Waals surface area (Å²) in [6.07, 6.45) is 12.3. The highest BCUT2D eigenvalue weighted by Crippen LogP contribution is 2.32. The van der Waals surface area contributed by atoms with Gasteiger partial charge in [-0.15, -0.1) is 6.58 Å². The van der Waals surface area contributed by atoms with Crippen LogP contribution in [0.4, 0.5) is 0 Å². The first-order valence-electron chi connectivity index (χ1n) is 6.45. The zero-order valence-corrected chi connectivity index (χ0v) is 11.5. The first-order chi connectivity index (χ1) is 9.13. The second kappa shape index (κ2) is 7.52. The molecular weight excluding hydrogens is 240 g/mol. The number of esters is 2. The summed E-state index contributed by atoms with van der Waals surface area (Å²) >= 11 is 0. The quantitative estimate of drug-likeness (QED) is 0.318. The fourth-order valence-electron chi connectivity index (χ4n) is 2.09. The molecule has 0 aromatic carbocycles. The van der Waals surface area contributed by atoms with Gasteiger partial charge in [-0.1, -0.05) is 36.5 Å². The minimum Gasteiger partial charge on any atom is -0.393 e. The lowest BCUT2D eigenvalue weighted by Gasteiger charge is -2.18. The van der Waals surface area contributed by atoms with Crippen molar-refractivity contribution in [2.24, 2.45) is 11.8 Å². The number of allylic oxidation sites excluding steroid dienone is 6. The van der Waals surface area contributed by atoms with Crippen molar-refractivity contribution in [3.05, 3.63) is 48.6 Å². The molecule has 19 heavy (non-hydrogen) atoms.